The lowest BCUT2D eigenvalue weighted by atomic mass is 10.0. The van der Waals surface area contributed by atoms with Crippen LogP contribution in [0.25, 0.3) is 0 Å². The van der Waals surface area contributed by atoms with Gasteiger partial charge in [-0.1, -0.05) is 42.5 Å². The summed E-state index contributed by atoms with van der Waals surface area (Å²) < 4.78 is 13.1. The molecule has 0 radical (unpaired) electrons. The lowest BCUT2D eigenvalue weighted by molar-refractivity contribution is -0.130. The largest absolute Gasteiger partial charge is 0.368 e. The van der Waals surface area contributed by atoms with Crippen LogP contribution in [0.5, 0.6) is 0 Å². The van der Waals surface area contributed by atoms with Crippen LogP contribution in [0.15, 0.2) is 54.6 Å². The fourth-order valence-electron chi connectivity index (χ4n) is 2.66. The van der Waals surface area contributed by atoms with Crippen LogP contribution in [0.4, 0.5) is 4.39 Å². The Morgan fingerprint density at radius 2 is 1.44 bits per heavy atom. The van der Waals surface area contributed by atoms with Crippen LogP contribution in [0.2, 0.25) is 0 Å². The third-order valence-corrected chi connectivity index (χ3v) is 3.99. The zero-order valence-corrected chi connectivity index (χ0v) is 14.9. The zero-order chi connectivity index (χ0) is 19.8. The molecule has 0 unspecified atom stereocenters. The van der Waals surface area contributed by atoms with Crippen molar-refractivity contribution in [1.29, 1.82) is 0 Å². The highest BCUT2D eigenvalue weighted by Gasteiger charge is 2.25. The van der Waals surface area contributed by atoms with Gasteiger partial charge in [0.05, 0.1) is 0 Å². The van der Waals surface area contributed by atoms with Crippen LogP contribution in [-0.4, -0.2) is 29.8 Å². The Morgan fingerprint density at radius 3 is 2.00 bits per heavy atom. The Bertz CT molecular complexity index is 794. The van der Waals surface area contributed by atoms with Gasteiger partial charge in [0.1, 0.15) is 17.9 Å². The molecule has 0 saturated carbocycles. The molecule has 0 aliphatic heterocycles. The third kappa shape index (κ3) is 6.54. The summed E-state index contributed by atoms with van der Waals surface area (Å²) >= 11 is 0. The van der Waals surface area contributed by atoms with Gasteiger partial charge >= 0.3 is 0 Å². The lowest BCUT2D eigenvalue weighted by Gasteiger charge is -2.22. The maximum absolute atomic E-state index is 13.1. The minimum atomic E-state index is -0.913. The Kier molecular flexibility index (Phi) is 7.05. The molecule has 2 aromatic rings. The number of amides is 3. The Balaban J connectivity index is 2.10. The van der Waals surface area contributed by atoms with E-state index in [0.717, 1.165) is 5.56 Å². The summed E-state index contributed by atoms with van der Waals surface area (Å²) in [7, 11) is 0. The third-order valence-electron chi connectivity index (χ3n) is 3.99. The summed E-state index contributed by atoms with van der Waals surface area (Å²) in [5.74, 6) is -1.99. The van der Waals surface area contributed by atoms with Gasteiger partial charge in [0.25, 0.3) is 0 Å². The molecule has 0 aliphatic rings. The summed E-state index contributed by atoms with van der Waals surface area (Å²) in [5, 5.41) is 5.15. The molecule has 0 fully saturated rings. The van der Waals surface area contributed by atoms with E-state index in [0.29, 0.717) is 5.56 Å². The molecule has 6 nitrogen and oxygen atoms in total. The summed E-state index contributed by atoms with van der Waals surface area (Å²) in [5.41, 5.74) is 6.93. The fraction of sp³-hybridized carbons (Fsp3) is 0.250. The van der Waals surface area contributed by atoms with E-state index in [1.807, 2.05) is 30.3 Å². The van der Waals surface area contributed by atoms with Gasteiger partial charge in [-0.2, -0.15) is 0 Å². The monoisotopic (exact) mass is 371 g/mol. The van der Waals surface area contributed by atoms with E-state index in [9.17, 15) is 18.8 Å². The number of nitrogens with one attached hydrogen (secondary N) is 2. The average molecular weight is 371 g/mol. The first-order valence-electron chi connectivity index (χ1n) is 8.50. The van der Waals surface area contributed by atoms with E-state index in [4.69, 9.17) is 5.73 Å². The molecular formula is C20H22FN3O3. The zero-order valence-electron chi connectivity index (χ0n) is 14.9. The van der Waals surface area contributed by atoms with Gasteiger partial charge < -0.3 is 16.4 Å². The van der Waals surface area contributed by atoms with E-state index in [1.54, 1.807) is 0 Å². The topological polar surface area (TPSA) is 101 Å². The first-order chi connectivity index (χ1) is 12.8. The molecule has 2 aromatic carbocycles. The minimum absolute atomic E-state index is 0.155. The first kappa shape index (κ1) is 20.1. The molecule has 142 valence electrons. The van der Waals surface area contributed by atoms with Crippen molar-refractivity contribution in [1.82, 2.24) is 10.6 Å². The molecule has 27 heavy (non-hydrogen) atoms. The van der Waals surface area contributed by atoms with E-state index in [1.165, 1.54) is 31.2 Å². The Hall–Kier alpha value is -3.22. The van der Waals surface area contributed by atoms with Gasteiger partial charge in [0.15, 0.2) is 0 Å². The van der Waals surface area contributed by atoms with E-state index < -0.39 is 35.6 Å². The van der Waals surface area contributed by atoms with Crippen molar-refractivity contribution in [2.75, 3.05) is 0 Å². The van der Waals surface area contributed by atoms with Crippen LogP contribution in [-0.2, 0) is 27.2 Å². The summed E-state index contributed by atoms with van der Waals surface area (Å²) in [6.45, 7) is 1.29. The van der Waals surface area contributed by atoms with Crippen LogP contribution in [0, 0.1) is 5.82 Å². The van der Waals surface area contributed by atoms with Crippen LogP contribution in [0.3, 0.4) is 0 Å². The number of carbonyl (C=O) groups excluding carboxylic acids is 3. The second-order valence-electron chi connectivity index (χ2n) is 6.24. The smallest absolute Gasteiger partial charge is 0.243 e. The van der Waals surface area contributed by atoms with Crippen molar-refractivity contribution in [3.8, 4) is 0 Å². The second-order valence-corrected chi connectivity index (χ2v) is 6.24. The van der Waals surface area contributed by atoms with Crippen molar-refractivity contribution in [3.63, 3.8) is 0 Å². The predicted molar refractivity (Wildman–Crippen MR) is 99.0 cm³/mol. The van der Waals surface area contributed by atoms with Crippen molar-refractivity contribution in [2.24, 2.45) is 5.73 Å². The molecule has 0 aromatic heterocycles. The normalized spacial score (nSPS) is 12.7. The lowest BCUT2D eigenvalue weighted by Crippen LogP contribution is -2.54. The van der Waals surface area contributed by atoms with Crippen LogP contribution in [0.1, 0.15) is 18.1 Å². The summed E-state index contributed by atoms with van der Waals surface area (Å²) in [6, 6.07) is 12.9. The first-order valence-corrected chi connectivity index (χ1v) is 8.50. The molecule has 2 atom stereocenters. The highest BCUT2D eigenvalue weighted by Crippen LogP contribution is 2.08. The van der Waals surface area contributed by atoms with E-state index in [-0.39, 0.29) is 12.8 Å². The highest BCUT2D eigenvalue weighted by molar-refractivity contribution is 5.91. The van der Waals surface area contributed by atoms with Gasteiger partial charge in [0.2, 0.25) is 17.7 Å². The Morgan fingerprint density at radius 1 is 0.889 bits per heavy atom. The SMILES string of the molecule is CC(=O)N[C@@H](Cc1ccc(F)cc1)C(=O)N[C@@H](Cc1ccccc1)C(N)=O. The van der Waals surface area contributed by atoms with Gasteiger partial charge in [-0.05, 0) is 23.3 Å². The standard InChI is InChI=1S/C20H22FN3O3/c1-13(25)23-18(12-15-7-9-16(21)10-8-15)20(27)24-17(19(22)26)11-14-5-3-2-4-6-14/h2-10,17-18H,11-12H2,1H3,(H2,22,26)(H,23,25)(H,24,27)/t17-,18-/m0/s1. The maximum Gasteiger partial charge on any atom is 0.243 e. The van der Waals surface area contributed by atoms with E-state index >= 15 is 0 Å². The molecule has 0 heterocycles. The fourth-order valence-corrected chi connectivity index (χ4v) is 2.66. The number of nitrogens with two attached hydrogens (primary N) is 1. The number of rotatable bonds is 8. The molecule has 0 saturated heterocycles. The van der Waals surface area contributed by atoms with Gasteiger partial charge in [-0.3, -0.25) is 14.4 Å². The van der Waals surface area contributed by atoms with Gasteiger partial charge in [0, 0.05) is 19.8 Å². The van der Waals surface area contributed by atoms with Crippen molar-refractivity contribution >= 4 is 17.7 Å². The quantitative estimate of drug-likeness (QED) is 0.647. The minimum Gasteiger partial charge on any atom is -0.368 e. The molecule has 2 rings (SSSR count). The molecule has 0 bridgehead atoms. The van der Waals surface area contributed by atoms with Crippen molar-refractivity contribution in [3.05, 3.63) is 71.5 Å². The highest BCUT2D eigenvalue weighted by atomic mass is 19.1. The summed E-state index contributed by atoms with van der Waals surface area (Å²) in [6.07, 6.45) is 0.397. The van der Waals surface area contributed by atoms with Crippen LogP contribution >= 0.6 is 0 Å². The second kappa shape index (κ2) is 9.47. The number of halogens is 1. The molecule has 3 amide bonds. The number of hydrogen-bond acceptors (Lipinski definition) is 3. The molecule has 4 N–H and O–H groups in total. The number of benzene rings is 2. The molecule has 7 heteroatoms. The summed E-state index contributed by atoms with van der Waals surface area (Å²) in [4.78, 5) is 35.9. The van der Waals surface area contributed by atoms with Gasteiger partial charge in [-0.25, -0.2) is 4.39 Å². The molecule has 0 aliphatic carbocycles. The van der Waals surface area contributed by atoms with E-state index in [2.05, 4.69) is 10.6 Å². The maximum atomic E-state index is 13.1. The number of primary amides is 1. The molecule has 0 spiro atoms. The number of hydrogen-bond donors (Lipinski definition) is 3. The van der Waals surface area contributed by atoms with Crippen LogP contribution < -0.4 is 16.4 Å². The van der Waals surface area contributed by atoms with Crippen molar-refractivity contribution < 1.29 is 18.8 Å². The van der Waals surface area contributed by atoms with Gasteiger partial charge in [-0.15, -0.1) is 0 Å². The Labute approximate surface area is 156 Å². The van der Waals surface area contributed by atoms with Crippen molar-refractivity contribution in [2.45, 2.75) is 31.8 Å². The average Bonchev–Trinajstić information content (AvgIpc) is 2.62. The number of carbonyl (C=O) groups is 3. The molecular weight excluding hydrogens is 349 g/mol. The predicted octanol–water partition coefficient (Wildman–Crippen LogP) is 1.09.